The number of aliphatic carboxylic acids is 1. The molecule has 2 atom stereocenters. The fourth-order valence-electron chi connectivity index (χ4n) is 1.09. The minimum absolute atomic E-state index is 0.481. The lowest BCUT2D eigenvalue weighted by molar-refractivity contribution is -0.136. The highest BCUT2D eigenvalue weighted by atomic mass is 35.5. The molecule has 1 N–H and O–H groups in total. The van der Waals surface area contributed by atoms with E-state index in [0.717, 1.165) is 25.7 Å². The number of halogens is 3. The summed E-state index contributed by atoms with van der Waals surface area (Å²) in [4.78, 5) is 10.4. The largest absolute Gasteiger partial charge is 0.480 e. The molecule has 0 aliphatic heterocycles. The normalized spacial score (nSPS) is 15.1. The molecule has 2 nitrogen and oxygen atoms in total. The molecule has 14 heavy (non-hydrogen) atoms. The highest BCUT2D eigenvalue weighted by Gasteiger charge is 2.22. The monoisotopic (exact) mass is 260 g/mol. The van der Waals surface area contributed by atoms with Crippen molar-refractivity contribution in [2.75, 3.05) is 5.88 Å². The Kier molecular flexibility index (Phi) is 8.84. The first kappa shape index (κ1) is 14.3. The first-order valence-corrected chi connectivity index (χ1v) is 6.07. The van der Waals surface area contributed by atoms with Crippen LogP contribution in [0.4, 0.5) is 0 Å². The van der Waals surface area contributed by atoms with Crippen molar-refractivity contribution in [1.29, 1.82) is 0 Å². The molecule has 0 aromatic rings. The standard InChI is InChI=1S/C9H15Cl3O2/c10-6-4-2-1-3-5-7(11)8(12)9(13)14/h7-8H,1-6H2,(H,13,14). The summed E-state index contributed by atoms with van der Waals surface area (Å²) in [5.74, 6) is -0.371. The topological polar surface area (TPSA) is 37.3 Å². The second kappa shape index (κ2) is 8.63. The maximum Gasteiger partial charge on any atom is 0.323 e. The minimum Gasteiger partial charge on any atom is -0.480 e. The Morgan fingerprint density at radius 2 is 1.71 bits per heavy atom. The van der Waals surface area contributed by atoms with Crippen LogP contribution >= 0.6 is 34.8 Å². The quantitative estimate of drug-likeness (QED) is 0.536. The van der Waals surface area contributed by atoms with Gasteiger partial charge in [-0.15, -0.1) is 34.8 Å². The van der Waals surface area contributed by atoms with Gasteiger partial charge in [-0.2, -0.15) is 0 Å². The van der Waals surface area contributed by atoms with Crippen LogP contribution in [0, 0.1) is 0 Å². The Bertz CT molecular complexity index is 164. The molecule has 0 fully saturated rings. The molecule has 84 valence electrons. The van der Waals surface area contributed by atoms with Crippen molar-refractivity contribution >= 4 is 40.8 Å². The summed E-state index contributed by atoms with van der Waals surface area (Å²) in [6, 6.07) is 0. The lowest BCUT2D eigenvalue weighted by Gasteiger charge is -2.11. The van der Waals surface area contributed by atoms with Gasteiger partial charge >= 0.3 is 5.97 Å². The van der Waals surface area contributed by atoms with Crippen LogP contribution in [0.1, 0.15) is 32.1 Å². The van der Waals surface area contributed by atoms with Crippen LogP contribution in [0.25, 0.3) is 0 Å². The molecule has 2 unspecified atom stereocenters. The minimum atomic E-state index is -1.05. The van der Waals surface area contributed by atoms with E-state index >= 15 is 0 Å². The number of hydrogen-bond donors (Lipinski definition) is 1. The molecule has 0 aliphatic carbocycles. The third-order valence-electron chi connectivity index (χ3n) is 1.92. The Morgan fingerprint density at radius 1 is 1.14 bits per heavy atom. The summed E-state index contributed by atoms with van der Waals surface area (Å²) < 4.78 is 0. The average Bonchev–Trinajstić information content (AvgIpc) is 2.16. The molecule has 0 aromatic heterocycles. The van der Waals surface area contributed by atoms with Gasteiger partial charge in [-0.1, -0.05) is 19.3 Å². The third kappa shape index (κ3) is 6.74. The Morgan fingerprint density at radius 3 is 2.21 bits per heavy atom. The van der Waals surface area contributed by atoms with Crippen molar-refractivity contribution in [2.24, 2.45) is 0 Å². The molecular weight excluding hydrogens is 246 g/mol. The number of hydrogen-bond acceptors (Lipinski definition) is 1. The average molecular weight is 262 g/mol. The first-order valence-electron chi connectivity index (χ1n) is 4.66. The van der Waals surface area contributed by atoms with Gasteiger partial charge in [0.05, 0.1) is 5.38 Å². The van der Waals surface area contributed by atoms with Gasteiger partial charge in [-0.3, -0.25) is 4.79 Å². The number of carbonyl (C=O) groups is 1. The molecule has 0 saturated carbocycles. The summed E-state index contributed by atoms with van der Waals surface area (Å²) in [7, 11) is 0. The van der Waals surface area contributed by atoms with Gasteiger partial charge in [-0.05, 0) is 12.8 Å². The van der Waals surface area contributed by atoms with Gasteiger partial charge in [0, 0.05) is 5.88 Å². The molecule has 0 heterocycles. The number of alkyl halides is 3. The number of carboxylic acids is 1. The van der Waals surface area contributed by atoms with Gasteiger partial charge in [0.25, 0.3) is 0 Å². The number of rotatable bonds is 8. The highest BCUT2D eigenvalue weighted by molar-refractivity contribution is 6.36. The molecule has 0 spiro atoms. The predicted molar refractivity (Wildman–Crippen MR) is 60.7 cm³/mol. The van der Waals surface area contributed by atoms with Gasteiger partial charge < -0.3 is 5.11 Å². The van der Waals surface area contributed by atoms with Crippen molar-refractivity contribution < 1.29 is 9.90 Å². The fraction of sp³-hybridized carbons (Fsp3) is 0.889. The molecule has 0 aromatic carbocycles. The van der Waals surface area contributed by atoms with Crippen molar-refractivity contribution in [2.45, 2.75) is 42.9 Å². The summed E-state index contributed by atoms with van der Waals surface area (Å²) >= 11 is 16.9. The van der Waals surface area contributed by atoms with Crippen LogP contribution < -0.4 is 0 Å². The fourth-order valence-corrected chi connectivity index (χ4v) is 1.67. The molecule has 0 aliphatic rings. The van der Waals surface area contributed by atoms with E-state index in [1.807, 2.05) is 0 Å². The molecule has 0 bridgehead atoms. The molecule has 5 heteroatoms. The van der Waals surface area contributed by atoms with E-state index in [1.165, 1.54) is 0 Å². The van der Waals surface area contributed by atoms with Gasteiger partial charge in [0.15, 0.2) is 0 Å². The maximum absolute atomic E-state index is 10.4. The van der Waals surface area contributed by atoms with Gasteiger partial charge in [-0.25, -0.2) is 0 Å². The van der Waals surface area contributed by atoms with E-state index < -0.39 is 16.7 Å². The van der Waals surface area contributed by atoms with E-state index in [0.29, 0.717) is 12.3 Å². The Labute approximate surface area is 99.5 Å². The first-order chi connectivity index (χ1) is 6.59. The summed E-state index contributed by atoms with van der Waals surface area (Å²) in [6.45, 7) is 0. The van der Waals surface area contributed by atoms with E-state index in [1.54, 1.807) is 0 Å². The van der Waals surface area contributed by atoms with E-state index in [9.17, 15) is 4.79 Å². The van der Waals surface area contributed by atoms with Crippen molar-refractivity contribution in [3.8, 4) is 0 Å². The van der Waals surface area contributed by atoms with Crippen LogP contribution in [0.5, 0.6) is 0 Å². The molecule has 0 radical (unpaired) electrons. The Hall–Kier alpha value is 0.340. The van der Waals surface area contributed by atoms with E-state index in [4.69, 9.17) is 39.9 Å². The summed E-state index contributed by atoms with van der Waals surface area (Å²) in [6.07, 6.45) is 4.63. The third-order valence-corrected chi connectivity index (χ3v) is 3.27. The SMILES string of the molecule is O=C(O)C(Cl)C(Cl)CCCCCCCl. The van der Waals surface area contributed by atoms with E-state index in [2.05, 4.69) is 0 Å². The van der Waals surface area contributed by atoms with Crippen LogP contribution in [0.15, 0.2) is 0 Å². The molecule has 0 saturated heterocycles. The number of carboxylic acid groups (broad SMARTS) is 1. The zero-order valence-electron chi connectivity index (χ0n) is 7.89. The van der Waals surface area contributed by atoms with E-state index in [-0.39, 0.29) is 0 Å². The van der Waals surface area contributed by atoms with Crippen LogP contribution in [-0.2, 0) is 4.79 Å². The molecule has 0 amide bonds. The number of unbranched alkanes of at least 4 members (excludes halogenated alkanes) is 3. The zero-order valence-corrected chi connectivity index (χ0v) is 10.2. The summed E-state index contributed by atoms with van der Waals surface area (Å²) in [5, 5.41) is 7.10. The van der Waals surface area contributed by atoms with Crippen molar-refractivity contribution in [1.82, 2.24) is 0 Å². The van der Waals surface area contributed by atoms with Crippen molar-refractivity contribution in [3.63, 3.8) is 0 Å². The molecular formula is C9H15Cl3O2. The summed E-state index contributed by atoms with van der Waals surface area (Å²) in [5.41, 5.74) is 0. The Balaban J connectivity index is 3.43. The van der Waals surface area contributed by atoms with Crippen LogP contribution in [0.2, 0.25) is 0 Å². The highest BCUT2D eigenvalue weighted by Crippen LogP contribution is 2.17. The smallest absolute Gasteiger partial charge is 0.323 e. The zero-order chi connectivity index (χ0) is 11.0. The second-order valence-electron chi connectivity index (χ2n) is 3.15. The molecule has 0 rings (SSSR count). The lowest BCUT2D eigenvalue weighted by atomic mass is 10.1. The van der Waals surface area contributed by atoms with Gasteiger partial charge in [0.1, 0.15) is 5.38 Å². The van der Waals surface area contributed by atoms with Crippen LogP contribution in [0.3, 0.4) is 0 Å². The maximum atomic E-state index is 10.4. The predicted octanol–water partition coefficient (Wildman–Crippen LogP) is 3.48. The second-order valence-corrected chi connectivity index (χ2v) is 4.56. The lowest BCUT2D eigenvalue weighted by Crippen LogP contribution is -2.24. The van der Waals surface area contributed by atoms with Crippen molar-refractivity contribution in [3.05, 3.63) is 0 Å². The van der Waals surface area contributed by atoms with Gasteiger partial charge in [0.2, 0.25) is 0 Å². The van der Waals surface area contributed by atoms with Crippen LogP contribution in [-0.4, -0.2) is 27.7 Å².